The molecule has 1 heterocycles. The second-order valence-corrected chi connectivity index (χ2v) is 25.5. The maximum absolute atomic E-state index is 13.2. The van der Waals surface area contributed by atoms with Crippen molar-refractivity contribution < 1.29 is 51.8 Å². The zero-order valence-corrected chi connectivity index (χ0v) is 53.0. The molecule has 7 atom stereocenters. The van der Waals surface area contributed by atoms with Crippen LogP contribution in [0.2, 0.25) is 0 Å². The SMILES string of the molecule is CCCCCCCCCCCCCC/C=C\CCCCCCCCCCCCCCCCCCC(=O)NC(COC1OC(CO)C(O)C(OS(=O)(=O)O)C1O)C(O)CCCCCCCCCCCCCCCCCCCCCCC. The number of aliphatic hydroxyl groups excluding tert-OH is 4. The molecule has 476 valence electrons. The van der Waals surface area contributed by atoms with E-state index in [-0.39, 0.29) is 12.5 Å². The summed E-state index contributed by atoms with van der Waals surface area (Å²) in [6.45, 7) is 3.52. The van der Waals surface area contributed by atoms with Crippen LogP contribution in [0.1, 0.15) is 354 Å². The molecule has 0 aromatic rings. The number of hydrogen-bond acceptors (Lipinski definition) is 10. The van der Waals surface area contributed by atoms with Gasteiger partial charge in [-0.3, -0.25) is 9.35 Å². The molecule has 0 bridgehead atoms. The van der Waals surface area contributed by atoms with Crippen molar-refractivity contribution in [2.45, 2.75) is 397 Å². The Morgan fingerprint density at radius 3 is 1.12 bits per heavy atom. The first kappa shape index (κ1) is 76.9. The van der Waals surface area contributed by atoms with E-state index in [1.54, 1.807) is 0 Å². The van der Waals surface area contributed by atoms with E-state index >= 15 is 0 Å². The maximum atomic E-state index is 13.2. The molecule has 0 radical (unpaired) electrons. The van der Waals surface area contributed by atoms with E-state index in [0.717, 1.165) is 51.4 Å². The van der Waals surface area contributed by atoms with Crippen molar-refractivity contribution in [3.63, 3.8) is 0 Å². The first-order chi connectivity index (χ1) is 39.0. The van der Waals surface area contributed by atoms with E-state index in [1.165, 1.54) is 276 Å². The van der Waals surface area contributed by atoms with Crippen LogP contribution in [-0.4, -0.2) is 95.4 Å². The Balaban J connectivity index is 2.22. The van der Waals surface area contributed by atoms with Gasteiger partial charge in [0, 0.05) is 6.42 Å². The zero-order chi connectivity index (χ0) is 58.3. The van der Waals surface area contributed by atoms with Gasteiger partial charge < -0.3 is 35.2 Å². The van der Waals surface area contributed by atoms with Gasteiger partial charge in [-0.25, -0.2) is 4.18 Å². The number of hydrogen-bond donors (Lipinski definition) is 6. The highest BCUT2D eigenvalue weighted by atomic mass is 32.3. The molecule has 80 heavy (non-hydrogen) atoms. The third-order valence-corrected chi connectivity index (χ3v) is 17.3. The Hall–Kier alpha value is -1.16. The highest BCUT2D eigenvalue weighted by Crippen LogP contribution is 2.27. The molecule has 1 fully saturated rings. The standard InChI is InChI=1S/C67H131NO11S/c1-3-5-7-9-11-13-15-17-19-21-23-25-26-27-28-29-30-31-32-33-34-35-37-39-41-43-45-47-49-51-53-55-57-63(71)68-60(59-77-67-65(73)66(79-80(74,75)76)64(72)62(58-69)78-67)61(70)56-54-52-50-48-46-44-42-40-38-36-24-22-20-18-16-14-12-10-8-6-4-2/h27-28,60-62,64-67,69-70,72-73H,3-26,29-59H2,1-2H3,(H,68,71)(H,74,75,76)/b28-27-. The van der Waals surface area contributed by atoms with Gasteiger partial charge in [0.2, 0.25) is 5.91 Å². The molecule has 12 nitrogen and oxygen atoms in total. The van der Waals surface area contributed by atoms with Crippen LogP contribution in [0.15, 0.2) is 12.2 Å². The molecule has 0 aliphatic carbocycles. The molecule has 7 unspecified atom stereocenters. The predicted molar refractivity (Wildman–Crippen MR) is 333 cm³/mol. The lowest BCUT2D eigenvalue weighted by Gasteiger charge is -2.41. The van der Waals surface area contributed by atoms with Crippen LogP contribution < -0.4 is 5.32 Å². The zero-order valence-electron chi connectivity index (χ0n) is 52.2. The normalized spacial score (nSPS) is 18.6. The first-order valence-corrected chi connectivity index (χ1v) is 35.9. The molecule has 1 saturated heterocycles. The molecule has 1 amide bonds. The number of allylic oxidation sites excluding steroid dienone is 2. The van der Waals surface area contributed by atoms with Crippen LogP contribution in [0, 0.1) is 0 Å². The van der Waals surface area contributed by atoms with Crippen LogP contribution >= 0.6 is 0 Å². The highest BCUT2D eigenvalue weighted by Gasteiger charge is 2.48. The molecule has 6 N–H and O–H groups in total. The van der Waals surface area contributed by atoms with Crippen molar-refractivity contribution in [2.75, 3.05) is 13.2 Å². The third kappa shape index (κ3) is 48.1. The van der Waals surface area contributed by atoms with Crippen LogP contribution in [-0.2, 0) is 28.9 Å². The summed E-state index contributed by atoms with van der Waals surface area (Å²) in [6, 6.07) is -0.857. The lowest BCUT2D eigenvalue weighted by molar-refractivity contribution is -0.298. The number of carbonyl (C=O) groups is 1. The molecule has 1 aliphatic rings. The maximum Gasteiger partial charge on any atom is 0.397 e. The summed E-state index contributed by atoms with van der Waals surface area (Å²) in [6.07, 6.45) is 62.4. The van der Waals surface area contributed by atoms with Crippen LogP contribution in [0.25, 0.3) is 0 Å². The topological polar surface area (TPSA) is 192 Å². The Morgan fingerprint density at radius 1 is 0.487 bits per heavy atom. The number of nitrogens with one attached hydrogen (secondary N) is 1. The second-order valence-electron chi connectivity index (χ2n) is 24.5. The smallest absolute Gasteiger partial charge is 0.394 e. The fourth-order valence-electron chi connectivity index (χ4n) is 11.5. The number of amides is 1. The quantitative estimate of drug-likeness (QED) is 0.0193. The fraction of sp³-hybridized carbons (Fsp3) is 0.955. The summed E-state index contributed by atoms with van der Waals surface area (Å²) in [7, 11) is -5.08. The van der Waals surface area contributed by atoms with Gasteiger partial charge in [0.1, 0.15) is 24.4 Å². The lowest BCUT2D eigenvalue weighted by atomic mass is 9.99. The van der Waals surface area contributed by atoms with Gasteiger partial charge in [0.05, 0.1) is 25.4 Å². The molecular weight excluding hydrogens is 1030 g/mol. The first-order valence-electron chi connectivity index (χ1n) is 34.6. The average Bonchev–Trinajstić information content (AvgIpc) is 3.44. The minimum Gasteiger partial charge on any atom is -0.394 e. The van der Waals surface area contributed by atoms with Crippen LogP contribution in [0.4, 0.5) is 0 Å². The van der Waals surface area contributed by atoms with Crippen LogP contribution in [0.5, 0.6) is 0 Å². The monoisotopic (exact) mass is 1160 g/mol. The number of unbranched alkanes of at least 4 members (excludes halogenated alkanes) is 48. The van der Waals surface area contributed by atoms with E-state index in [4.69, 9.17) is 9.47 Å². The lowest BCUT2D eigenvalue weighted by Crippen LogP contribution is -2.61. The summed E-state index contributed by atoms with van der Waals surface area (Å²) in [5.41, 5.74) is 0. The number of ether oxygens (including phenoxy) is 2. The Bertz CT molecular complexity index is 1450. The minimum absolute atomic E-state index is 0.221. The molecule has 0 aromatic carbocycles. The van der Waals surface area contributed by atoms with Gasteiger partial charge in [-0.2, -0.15) is 8.42 Å². The molecule has 0 saturated carbocycles. The Morgan fingerprint density at radius 2 is 0.800 bits per heavy atom. The van der Waals surface area contributed by atoms with Crippen LogP contribution in [0.3, 0.4) is 0 Å². The summed E-state index contributed by atoms with van der Waals surface area (Å²) in [5.74, 6) is -0.221. The summed E-state index contributed by atoms with van der Waals surface area (Å²) in [4.78, 5) is 13.2. The average molecular weight is 1160 g/mol. The third-order valence-electron chi connectivity index (χ3n) is 16.8. The van der Waals surface area contributed by atoms with Crippen molar-refractivity contribution in [1.82, 2.24) is 5.32 Å². The molecule has 0 spiro atoms. The summed E-state index contributed by atoms with van der Waals surface area (Å²) in [5, 5.41) is 45.3. The second kappa shape index (κ2) is 56.9. The molecule has 1 aliphatic heterocycles. The van der Waals surface area contributed by atoms with E-state index in [2.05, 4.69) is 35.5 Å². The number of aliphatic hydroxyl groups is 4. The Kier molecular flexibility index (Phi) is 54.7. The van der Waals surface area contributed by atoms with Gasteiger partial charge in [0.15, 0.2) is 6.29 Å². The summed E-state index contributed by atoms with van der Waals surface area (Å²) < 4.78 is 48.1. The van der Waals surface area contributed by atoms with Gasteiger partial charge in [-0.05, 0) is 38.5 Å². The van der Waals surface area contributed by atoms with E-state index in [0.29, 0.717) is 12.8 Å². The van der Waals surface area contributed by atoms with E-state index in [1.807, 2.05) is 0 Å². The summed E-state index contributed by atoms with van der Waals surface area (Å²) >= 11 is 0. The van der Waals surface area contributed by atoms with Crippen molar-refractivity contribution in [2.24, 2.45) is 0 Å². The highest BCUT2D eigenvalue weighted by molar-refractivity contribution is 7.80. The minimum atomic E-state index is -5.08. The van der Waals surface area contributed by atoms with Crippen molar-refractivity contribution >= 4 is 16.3 Å². The Labute approximate surface area is 493 Å². The molecule has 1 rings (SSSR count). The van der Waals surface area contributed by atoms with Crippen molar-refractivity contribution in [1.29, 1.82) is 0 Å². The fourth-order valence-corrected chi connectivity index (χ4v) is 12.0. The van der Waals surface area contributed by atoms with Gasteiger partial charge in [-0.15, -0.1) is 0 Å². The number of carbonyl (C=O) groups excluding carboxylic acids is 1. The number of rotatable bonds is 62. The van der Waals surface area contributed by atoms with Gasteiger partial charge in [-0.1, -0.05) is 321 Å². The molecule has 0 aromatic heterocycles. The molecular formula is C67H131NO11S. The van der Waals surface area contributed by atoms with E-state index in [9.17, 15) is 38.2 Å². The van der Waals surface area contributed by atoms with Gasteiger partial charge >= 0.3 is 10.4 Å². The van der Waals surface area contributed by atoms with Crippen molar-refractivity contribution in [3.05, 3.63) is 12.2 Å². The largest absolute Gasteiger partial charge is 0.397 e. The predicted octanol–water partition coefficient (Wildman–Crippen LogP) is 17.7. The van der Waals surface area contributed by atoms with Crippen molar-refractivity contribution in [3.8, 4) is 0 Å². The van der Waals surface area contributed by atoms with Gasteiger partial charge in [0.25, 0.3) is 0 Å². The molecule has 13 heteroatoms. The van der Waals surface area contributed by atoms with E-state index < -0.39 is 59.9 Å².